The third-order valence-electron chi connectivity index (χ3n) is 1.62. The summed E-state index contributed by atoms with van der Waals surface area (Å²) in [6.45, 7) is 0. The Morgan fingerprint density at radius 2 is 2.30 bits per heavy atom. The SMILES string of the molecule is Oc1ccc(C2[CH]C2)nc1. The van der Waals surface area contributed by atoms with Crippen LogP contribution in [0.4, 0.5) is 0 Å². The van der Waals surface area contributed by atoms with Crippen molar-refractivity contribution >= 4 is 0 Å². The molecule has 0 bridgehead atoms. The van der Waals surface area contributed by atoms with Crippen LogP contribution in [0.3, 0.4) is 0 Å². The normalized spacial score (nSPS) is 17.2. The average molecular weight is 134 g/mol. The van der Waals surface area contributed by atoms with Crippen LogP contribution in [0.5, 0.6) is 5.75 Å². The first kappa shape index (κ1) is 5.71. The molecule has 1 aliphatic carbocycles. The number of nitrogens with zero attached hydrogens (tertiary/aromatic N) is 1. The quantitative estimate of drug-likeness (QED) is 0.631. The maximum absolute atomic E-state index is 8.89. The molecule has 1 fully saturated rings. The number of aromatic hydroxyl groups is 1. The van der Waals surface area contributed by atoms with Crippen LogP contribution in [0.1, 0.15) is 18.0 Å². The average Bonchev–Trinajstić information content (AvgIpc) is 2.71. The summed E-state index contributed by atoms with van der Waals surface area (Å²) in [7, 11) is 0. The van der Waals surface area contributed by atoms with Crippen LogP contribution in [0.2, 0.25) is 0 Å². The summed E-state index contributed by atoms with van der Waals surface area (Å²) in [5, 5.41) is 8.89. The minimum atomic E-state index is 0.240. The Balaban J connectivity index is 2.28. The minimum Gasteiger partial charge on any atom is -0.506 e. The highest BCUT2D eigenvalue weighted by Gasteiger charge is 2.24. The number of hydrogen-bond donors (Lipinski definition) is 1. The second-order valence-corrected chi connectivity index (χ2v) is 2.52. The molecule has 0 amide bonds. The van der Waals surface area contributed by atoms with E-state index in [0.717, 1.165) is 12.1 Å². The van der Waals surface area contributed by atoms with Gasteiger partial charge in [-0.05, 0) is 25.0 Å². The highest BCUT2D eigenvalue weighted by molar-refractivity contribution is 5.26. The van der Waals surface area contributed by atoms with Gasteiger partial charge in [-0.1, -0.05) is 0 Å². The van der Waals surface area contributed by atoms with E-state index in [1.165, 1.54) is 6.20 Å². The second kappa shape index (κ2) is 1.97. The van der Waals surface area contributed by atoms with E-state index in [-0.39, 0.29) is 5.75 Å². The first-order chi connectivity index (χ1) is 4.86. The van der Waals surface area contributed by atoms with Crippen molar-refractivity contribution in [2.45, 2.75) is 12.3 Å². The lowest BCUT2D eigenvalue weighted by Crippen LogP contribution is -1.82. The molecule has 2 heteroatoms. The van der Waals surface area contributed by atoms with Gasteiger partial charge in [0.05, 0.1) is 6.20 Å². The Morgan fingerprint density at radius 1 is 1.50 bits per heavy atom. The Hall–Kier alpha value is -1.05. The van der Waals surface area contributed by atoms with Crippen molar-refractivity contribution in [3.05, 3.63) is 30.4 Å². The van der Waals surface area contributed by atoms with Crippen molar-refractivity contribution in [3.8, 4) is 5.75 Å². The Kier molecular flexibility index (Phi) is 1.13. The molecule has 1 saturated carbocycles. The molecular weight excluding hydrogens is 126 g/mol. The van der Waals surface area contributed by atoms with Gasteiger partial charge in [0.15, 0.2) is 0 Å². The van der Waals surface area contributed by atoms with Gasteiger partial charge in [0.1, 0.15) is 5.75 Å². The fourth-order valence-electron chi connectivity index (χ4n) is 0.926. The van der Waals surface area contributed by atoms with E-state index in [0.29, 0.717) is 5.92 Å². The summed E-state index contributed by atoms with van der Waals surface area (Å²) in [6, 6.07) is 3.54. The van der Waals surface area contributed by atoms with Crippen molar-refractivity contribution in [1.29, 1.82) is 0 Å². The second-order valence-electron chi connectivity index (χ2n) is 2.52. The van der Waals surface area contributed by atoms with Crippen molar-refractivity contribution < 1.29 is 5.11 Å². The van der Waals surface area contributed by atoms with Gasteiger partial charge in [0.25, 0.3) is 0 Å². The molecule has 1 N–H and O–H groups in total. The van der Waals surface area contributed by atoms with Crippen molar-refractivity contribution in [1.82, 2.24) is 4.98 Å². The van der Waals surface area contributed by atoms with E-state index in [2.05, 4.69) is 11.4 Å². The number of pyridine rings is 1. The maximum Gasteiger partial charge on any atom is 0.133 e. The van der Waals surface area contributed by atoms with Gasteiger partial charge in [0, 0.05) is 11.6 Å². The number of aromatic nitrogens is 1. The monoisotopic (exact) mass is 134 g/mol. The fraction of sp³-hybridized carbons (Fsp3) is 0.250. The molecule has 0 aromatic carbocycles. The first-order valence-corrected chi connectivity index (χ1v) is 3.34. The summed E-state index contributed by atoms with van der Waals surface area (Å²) in [4.78, 5) is 4.06. The lowest BCUT2D eigenvalue weighted by Gasteiger charge is -1.94. The fourth-order valence-corrected chi connectivity index (χ4v) is 0.926. The zero-order chi connectivity index (χ0) is 6.97. The van der Waals surface area contributed by atoms with E-state index in [4.69, 9.17) is 5.11 Å². The van der Waals surface area contributed by atoms with Crippen LogP contribution in [0, 0.1) is 6.42 Å². The zero-order valence-electron chi connectivity index (χ0n) is 5.49. The van der Waals surface area contributed by atoms with E-state index in [9.17, 15) is 0 Å². The van der Waals surface area contributed by atoms with Crippen LogP contribution in [-0.2, 0) is 0 Å². The first-order valence-electron chi connectivity index (χ1n) is 3.34. The Labute approximate surface area is 59.5 Å². The van der Waals surface area contributed by atoms with Gasteiger partial charge < -0.3 is 5.11 Å². The molecule has 1 aromatic rings. The molecular formula is C8H8NO. The molecule has 0 spiro atoms. The molecule has 0 saturated heterocycles. The van der Waals surface area contributed by atoms with Gasteiger partial charge in [-0.25, -0.2) is 0 Å². The number of rotatable bonds is 1. The molecule has 1 aromatic heterocycles. The van der Waals surface area contributed by atoms with Gasteiger partial charge in [0.2, 0.25) is 0 Å². The molecule has 2 nitrogen and oxygen atoms in total. The van der Waals surface area contributed by atoms with E-state index < -0.39 is 0 Å². The summed E-state index contributed by atoms with van der Waals surface area (Å²) < 4.78 is 0. The maximum atomic E-state index is 8.89. The number of hydrogen-bond acceptors (Lipinski definition) is 2. The van der Waals surface area contributed by atoms with Crippen LogP contribution in [0.25, 0.3) is 0 Å². The van der Waals surface area contributed by atoms with E-state index in [1.54, 1.807) is 6.07 Å². The summed E-state index contributed by atoms with van der Waals surface area (Å²) in [5.74, 6) is 0.796. The third-order valence-corrected chi connectivity index (χ3v) is 1.62. The zero-order valence-corrected chi connectivity index (χ0v) is 5.49. The van der Waals surface area contributed by atoms with Crippen LogP contribution >= 0.6 is 0 Å². The molecule has 2 rings (SSSR count). The van der Waals surface area contributed by atoms with E-state index in [1.807, 2.05) is 6.07 Å². The highest BCUT2D eigenvalue weighted by Crippen LogP contribution is 2.37. The van der Waals surface area contributed by atoms with Gasteiger partial charge in [-0.15, -0.1) is 0 Å². The van der Waals surface area contributed by atoms with Crippen molar-refractivity contribution in [2.75, 3.05) is 0 Å². The van der Waals surface area contributed by atoms with E-state index >= 15 is 0 Å². The lowest BCUT2D eigenvalue weighted by molar-refractivity contribution is 0.472. The Bertz CT molecular complexity index is 226. The molecule has 1 radical (unpaired) electrons. The van der Waals surface area contributed by atoms with Crippen LogP contribution in [-0.4, -0.2) is 10.1 Å². The summed E-state index contributed by atoms with van der Waals surface area (Å²) >= 11 is 0. The molecule has 1 atom stereocenters. The Morgan fingerprint density at radius 3 is 2.80 bits per heavy atom. The predicted molar refractivity (Wildman–Crippen MR) is 37.6 cm³/mol. The summed E-state index contributed by atoms with van der Waals surface area (Å²) in [6.07, 6.45) is 4.82. The molecule has 1 heterocycles. The van der Waals surface area contributed by atoms with Crippen molar-refractivity contribution in [3.63, 3.8) is 0 Å². The lowest BCUT2D eigenvalue weighted by atomic mass is 10.2. The highest BCUT2D eigenvalue weighted by atomic mass is 16.3. The largest absolute Gasteiger partial charge is 0.506 e. The molecule has 51 valence electrons. The predicted octanol–water partition coefficient (Wildman–Crippen LogP) is 1.48. The standard InChI is InChI=1S/C8H8NO/c10-7-3-4-8(9-5-7)6-1-2-6/h1,3-6,10H,2H2. The van der Waals surface area contributed by atoms with Gasteiger partial charge in [-0.2, -0.15) is 0 Å². The van der Waals surface area contributed by atoms with Gasteiger partial charge >= 0.3 is 0 Å². The third kappa shape index (κ3) is 0.967. The molecule has 0 aliphatic heterocycles. The van der Waals surface area contributed by atoms with Crippen molar-refractivity contribution in [2.24, 2.45) is 0 Å². The summed E-state index contributed by atoms with van der Waals surface area (Å²) in [5.41, 5.74) is 1.07. The minimum absolute atomic E-state index is 0.240. The molecule has 10 heavy (non-hydrogen) atoms. The van der Waals surface area contributed by atoms with Gasteiger partial charge in [-0.3, -0.25) is 4.98 Å². The van der Waals surface area contributed by atoms with Crippen LogP contribution in [0.15, 0.2) is 18.3 Å². The van der Waals surface area contributed by atoms with Crippen LogP contribution < -0.4 is 0 Å². The topological polar surface area (TPSA) is 33.1 Å². The molecule has 1 aliphatic rings. The molecule has 1 unspecified atom stereocenters. The smallest absolute Gasteiger partial charge is 0.133 e.